The Hall–Kier alpha value is -8.08. The standard InChI is InChI=1S/C58H38N2O2/c1-2-12-37(13-3-1)40-25-32-53(60-52-19-9-6-16-45(52)49-30-24-38-14-4-5-15-44(38)58(49)60)50(34-40)39-22-26-41(27-23-39)59(42-29-33-56-51(35-42)47-18-8-11-21-55(47)61-56)43-28-31-48-46-17-7-10-20-54(46)62-57(48)36-43/h1-2,4-12,14-36H,3,13H2. The van der Waals surface area contributed by atoms with Crippen LogP contribution in [0.2, 0.25) is 0 Å². The number of benzene rings is 9. The van der Waals surface area contributed by atoms with Crippen molar-refractivity contribution in [3.05, 3.63) is 212 Å². The number of fused-ring (bicyclic) bond motifs is 11. The largest absolute Gasteiger partial charge is 0.456 e. The van der Waals surface area contributed by atoms with E-state index in [-0.39, 0.29) is 0 Å². The topological polar surface area (TPSA) is 34.5 Å². The fourth-order valence-corrected chi connectivity index (χ4v) is 9.93. The van der Waals surface area contributed by atoms with Crippen LogP contribution in [0.5, 0.6) is 0 Å². The monoisotopic (exact) mass is 794 g/mol. The molecule has 0 N–H and O–H groups in total. The van der Waals surface area contributed by atoms with Gasteiger partial charge in [-0.3, -0.25) is 0 Å². The van der Waals surface area contributed by atoms with Crippen molar-refractivity contribution in [3.63, 3.8) is 0 Å². The lowest BCUT2D eigenvalue weighted by atomic mass is 9.93. The Morgan fingerprint density at radius 2 is 1.06 bits per heavy atom. The molecule has 0 fully saturated rings. The predicted molar refractivity (Wildman–Crippen MR) is 259 cm³/mol. The minimum atomic E-state index is 0.854. The summed E-state index contributed by atoms with van der Waals surface area (Å²) in [5, 5.41) is 9.37. The van der Waals surface area contributed by atoms with E-state index in [4.69, 9.17) is 8.83 Å². The van der Waals surface area contributed by atoms with E-state index < -0.39 is 0 Å². The summed E-state index contributed by atoms with van der Waals surface area (Å²) in [4.78, 5) is 2.33. The van der Waals surface area contributed by atoms with E-state index in [0.717, 1.165) is 85.0 Å². The Bertz CT molecular complexity index is 3820. The zero-order chi connectivity index (χ0) is 40.7. The molecule has 0 atom stereocenters. The normalized spacial score (nSPS) is 13.1. The zero-order valence-corrected chi connectivity index (χ0v) is 33.8. The number of aromatic nitrogens is 1. The van der Waals surface area contributed by atoms with Gasteiger partial charge >= 0.3 is 0 Å². The molecule has 1 aliphatic carbocycles. The molecule has 1 aliphatic rings. The van der Waals surface area contributed by atoms with Crippen molar-refractivity contribution in [3.8, 4) is 16.8 Å². The van der Waals surface area contributed by atoms with E-state index >= 15 is 0 Å². The summed E-state index contributed by atoms with van der Waals surface area (Å²) in [5.74, 6) is 0. The quantitative estimate of drug-likeness (QED) is 0.168. The summed E-state index contributed by atoms with van der Waals surface area (Å²) < 4.78 is 15.2. The first-order valence-electron chi connectivity index (χ1n) is 21.4. The van der Waals surface area contributed by atoms with Gasteiger partial charge in [0.25, 0.3) is 0 Å². The third kappa shape index (κ3) is 5.40. The van der Waals surface area contributed by atoms with Crippen LogP contribution in [0.4, 0.5) is 17.1 Å². The van der Waals surface area contributed by atoms with Gasteiger partial charge in [-0.2, -0.15) is 0 Å². The van der Waals surface area contributed by atoms with E-state index in [0.29, 0.717) is 0 Å². The van der Waals surface area contributed by atoms with Gasteiger partial charge in [-0.15, -0.1) is 0 Å². The molecule has 3 heterocycles. The minimum Gasteiger partial charge on any atom is -0.456 e. The van der Waals surface area contributed by atoms with Crippen molar-refractivity contribution in [1.82, 2.24) is 4.57 Å². The number of para-hydroxylation sites is 3. The van der Waals surface area contributed by atoms with Gasteiger partial charge in [0, 0.05) is 66.4 Å². The highest BCUT2D eigenvalue weighted by Gasteiger charge is 2.21. The van der Waals surface area contributed by atoms with Gasteiger partial charge in [-0.1, -0.05) is 127 Å². The SMILES string of the molecule is C1=CCCC(c2ccc(-n3c4ccccc4c4ccc5ccccc5c43)c(-c3ccc(N(c4ccc5c(c4)oc4ccccc45)c4ccc5oc6ccccc6c5c4)cc3)c2)=C1. The third-order valence-electron chi connectivity index (χ3n) is 12.9. The maximum atomic E-state index is 6.45. The summed E-state index contributed by atoms with van der Waals surface area (Å²) in [6, 6.07) is 67.9. The van der Waals surface area contributed by atoms with Gasteiger partial charge in [0.1, 0.15) is 22.3 Å². The molecule has 3 aromatic heterocycles. The van der Waals surface area contributed by atoms with Crippen molar-refractivity contribution in [2.75, 3.05) is 4.90 Å². The number of furan rings is 2. The van der Waals surface area contributed by atoms with Crippen LogP contribution in [-0.2, 0) is 0 Å². The lowest BCUT2D eigenvalue weighted by molar-refractivity contribution is 0.668. The molecular formula is C58H38N2O2. The molecule has 12 aromatic rings. The number of hydrogen-bond acceptors (Lipinski definition) is 3. The molecule has 0 saturated carbocycles. The zero-order valence-electron chi connectivity index (χ0n) is 33.8. The lowest BCUT2D eigenvalue weighted by Gasteiger charge is -2.26. The average Bonchev–Trinajstić information content (AvgIpc) is 4.01. The van der Waals surface area contributed by atoms with Crippen molar-refractivity contribution in [1.29, 1.82) is 0 Å². The first kappa shape index (κ1) is 34.8. The van der Waals surface area contributed by atoms with Crippen molar-refractivity contribution < 1.29 is 8.83 Å². The highest BCUT2D eigenvalue weighted by Crippen LogP contribution is 2.44. The van der Waals surface area contributed by atoms with Crippen LogP contribution in [0, 0.1) is 0 Å². The molecule has 0 bridgehead atoms. The van der Waals surface area contributed by atoms with E-state index in [2.05, 4.69) is 191 Å². The number of rotatable bonds is 6. The number of allylic oxidation sites excluding steroid dienone is 4. The van der Waals surface area contributed by atoms with Gasteiger partial charge in [-0.25, -0.2) is 0 Å². The van der Waals surface area contributed by atoms with Crippen LogP contribution in [0.3, 0.4) is 0 Å². The maximum absolute atomic E-state index is 6.45. The first-order chi connectivity index (χ1) is 30.7. The van der Waals surface area contributed by atoms with E-state index in [1.807, 2.05) is 24.3 Å². The second-order valence-electron chi connectivity index (χ2n) is 16.4. The van der Waals surface area contributed by atoms with Gasteiger partial charge in [-0.05, 0) is 108 Å². The Labute approximate surface area is 357 Å². The summed E-state index contributed by atoms with van der Waals surface area (Å²) in [5.41, 5.74) is 15.1. The molecule has 13 rings (SSSR count). The highest BCUT2D eigenvalue weighted by molar-refractivity contribution is 6.19. The molecule has 0 spiro atoms. The summed E-state index contributed by atoms with van der Waals surface area (Å²) in [7, 11) is 0. The lowest BCUT2D eigenvalue weighted by Crippen LogP contribution is -2.09. The van der Waals surface area contributed by atoms with E-state index in [1.54, 1.807) is 0 Å². The third-order valence-corrected chi connectivity index (χ3v) is 12.9. The van der Waals surface area contributed by atoms with Crippen LogP contribution in [-0.4, -0.2) is 4.57 Å². The fourth-order valence-electron chi connectivity index (χ4n) is 9.93. The minimum absolute atomic E-state index is 0.854. The van der Waals surface area contributed by atoms with Gasteiger partial charge in [0.15, 0.2) is 0 Å². The first-order valence-corrected chi connectivity index (χ1v) is 21.4. The Kier molecular flexibility index (Phi) is 7.70. The summed E-state index contributed by atoms with van der Waals surface area (Å²) in [6.07, 6.45) is 8.80. The molecule has 0 saturated heterocycles. The fraction of sp³-hybridized carbons (Fsp3) is 0.0345. The number of anilines is 3. The van der Waals surface area contributed by atoms with Gasteiger partial charge in [0.05, 0.1) is 16.7 Å². The molecule has 0 unspecified atom stereocenters. The predicted octanol–water partition coefficient (Wildman–Crippen LogP) is 16.6. The Morgan fingerprint density at radius 3 is 1.89 bits per heavy atom. The molecule has 4 nitrogen and oxygen atoms in total. The van der Waals surface area contributed by atoms with Gasteiger partial charge in [0.2, 0.25) is 0 Å². The molecule has 9 aromatic carbocycles. The summed E-state index contributed by atoms with van der Waals surface area (Å²) >= 11 is 0. The smallest absolute Gasteiger partial charge is 0.137 e. The molecule has 62 heavy (non-hydrogen) atoms. The molecule has 4 heteroatoms. The second-order valence-corrected chi connectivity index (χ2v) is 16.4. The molecular weight excluding hydrogens is 757 g/mol. The maximum Gasteiger partial charge on any atom is 0.137 e. The van der Waals surface area contributed by atoms with Gasteiger partial charge < -0.3 is 18.3 Å². The Balaban J connectivity index is 1.02. The van der Waals surface area contributed by atoms with Crippen LogP contribution >= 0.6 is 0 Å². The summed E-state index contributed by atoms with van der Waals surface area (Å²) in [6.45, 7) is 0. The molecule has 292 valence electrons. The second kappa shape index (κ2) is 13.7. The van der Waals surface area contributed by atoms with E-state index in [9.17, 15) is 0 Å². The van der Waals surface area contributed by atoms with Crippen molar-refractivity contribution in [2.45, 2.75) is 12.8 Å². The van der Waals surface area contributed by atoms with Crippen molar-refractivity contribution >= 4 is 99.1 Å². The molecule has 0 radical (unpaired) electrons. The van der Waals surface area contributed by atoms with Crippen LogP contribution < -0.4 is 4.90 Å². The Morgan fingerprint density at radius 1 is 0.435 bits per heavy atom. The molecule has 0 amide bonds. The van der Waals surface area contributed by atoms with E-state index in [1.165, 1.54) is 49.3 Å². The van der Waals surface area contributed by atoms with Crippen LogP contribution in [0.25, 0.3) is 98.8 Å². The van der Waals surface area contributed by atoms with Crippen LogP contribution in [0.1, 0.15) is 18.4 Å². The van der Waals surface area contributed by atoms with Crippen LogP contribution in [0.15, 0.2) is 215 Å². The average molecular weight is 795 g/mol. The number of nitrogens with zero attached hydrogens (tertiary/aromatic N) is 2. The number of hydrogen-bond donors (Lipinski definition) is 0. The van der Waals surface area contributed by atoms with Crippen molar-refractivity contribution in [2.24, 2.45) is 0 Å². The highest BCUT2D eigenvalue weighted by atomic mass is 16.3. The molecule has 0 aliphatic heterocycles.